The van der Waals surface area contributed by atoms with E-state index < -0.39 is 5.97 Å². The lowest BCUT2D eigenvalue weighted by atomic mass is 10.1. The van der Waals surface area contributed by atoms with Crippen LogP contribution >= 0.6 is 11.3 Å². The molecule has 0 spiro atoms. The normalized spacial score (nSPS) is 11.4. The van der Waals surface area contributed by atoms with Gasteiger partial charge in [0.25, 0.3) is 0 Å². The van der Waals surface area contributed by atoms with Crippen LogP contribution in [0.2, 0.25) is 0 Å². The standard InChI is InChI=1S/C14H12N4O4S/c1-3-21-13(20)9-5-10(19)8-4-7(2)23-12(8)11(9)16-18-14-17-15-6-22-14/h4-6,19H,3H2,1-2H3. The van der Waals surface area contributed by atoms with Crippen molar-refractivity contribution in [2.75, 3.05) is 6.61 Å². The van der Waals surface area contributed by atoms with Crippen molar-refractivity contribution in [2.24, 2.45) is 10.2 Å². The lowest BCUT2D eigenvalue weighted by Gasteiger charge is -2.07. The molecular formula is C14H12N4O4S. The summed E-state index contributed by atoms with van der Waals surface area (Å²) in [7, 11) is 0. The molecule has 2 heterocycles. The van der Waals surface area contributed by atoms with Crippen molar-refractivity contribution in [3.8, 4) is 5.75 Å². The number of hydrogen-bond acceptors (Lipinski definition) is 9. The first-order chi connectivity index (χ1) is 11.1. The first-order valence-corrected chi connectivity index (χ1v) is 7.53. The van der Waals surface area contributed by atoms with Gasteiger partial charge in [0, 0.05) is 10.3 Å². The molecule has 2 aromatic heterocycles. The van der Waals surface area contributed by atoms with Gasteiger partial charge in [-0.15, -0.1) is 21.5 Å². The lowest BCUT2D eigenvalue weighted by Crippen LogP contribution is -2.04. The van der Waals surface area contributed by atoms with Gasteiger partial charge in [-0.3, -0.25) is 0 Å². The second-order valence-electron chi connectivity index (χ2n) is 4.53. The lowest BCUT2D eigenvalue weighted by molar-refractivity contribution is 0.0527. The Balaban J connectivity index is 2.20. The molecule has 118 valence electrons. The molecule has 0 aliphatic rings. The Morgan fingerprint density at radius 3 is 2.96 bits per heavy atom. The van der Waals surface area contributed by atoms with Gasteiger partial charge in [-0.2, -0.15) is 0 Å². The van der Waals surface area contributed by atoms with Gasteiger partial charge in [0.15, 0.2) is 0 Å². The summed E-state index contributed by atoms with van der Waals surface area (Å²) in [6.45, 7) is 3.81. The Morgan fingerprint density at radius 1 is 1.43 bits per heavy atom. The molecular weight excluding hydrogens is 320 g/mol. The zero-order chi connectivity index (χ0) is 16.4. The van der Waals surface area contributed by atoms with E-state index in [4.69, 9.17) is 9.15 Å². The number of ether oxygens (including phenoxy) is 1. The van der Waals surface area contributed by atoms with Crippen LogP contribution in [0.25, 0.3) is 10.1 Å². The van der Waals surface area contributed by atoms with E-state index in [9.17, 15) is 9.90 Å². The average molecular weight is 332 g/mol. The molecule has 0 bridgehead atoms. The fourth-order valence-corrected chi connectivity index (χ4v) is 3.07. The quantitative estimate of drug-likeness (QED) is 0.573. The summed E-state index contributed by atoms with van der Waals surface area (Å²) < 4.78 is 10.6. The number of nitrogens with zero attached hydrogens (tertiary/aromatic N) is 4. The molecule has 8 nitrogen and oxygen atoms in total. The fraction of sp³-hybridized carbons (Fsp3) is 0.214. The molecule has 0 atom stereocenters. The summed E-state index contributed by atoms with van der Waals surface area (Å²) >= 11 is 1.39. The van der Waals surface area contributed by atoms with Crippen molar-refractivity contribution in [1.82, 2.24) is 10.2 Å². The SMILES string of the molecule is CCOC(=O)c1cc(O)c2cc(C)sc2c1N=Nc1nnco1. The van der Waals surface area contributed by atoms with E-state index in [-0.39, 0.29) is 23.9 Å². The number of fused-ring (bicyclic) bond motifs is 1. The summed E-state index contributed by atoms with van der Waals surface area (Å²) in [5.41, 5.74) is 0.425. The zero-order valence-corrected chi connectivity index (χ0v) is 13.1. The van der Waals surface area contributed by atoms with Crippen molar-refractivity contribution in [1.29, 1.82) is 0 Å². The number of hydrogen-bond donors (Lipinski definition) is 1. The molecule has 9 heteroatoms. The molecule has 0 saturated carbocycles. The van der Waals surface area contributed by atoms with Crippen LogP contribution in [0, 0.1) is 6.92 Å². The molecule has 3 aromatic rings. The second kappa shape index (κ2) is 6.13. The minimum atomic E-state index is -0.588. The third-order valence-electron chi connectivity index (χ3n) is 2.96. The van der Waals surface area contributed by atoms with Gasteiger partial charge in [-0.1, -0.05) is 10.2 Å². The van der Waals surface area contributed by atoms with E-state index in [1.54, 1.807) is 6.92 Å². The third-order valence-corrected chi connectivity index (χ3v) is 4.02. The Kier molecular flexibility index (Phi) is 4.02. The van der Waals surface area contributed by atoms with Crippen LogP contribution in [0.5, 0.6) is 5.75 Å². The number of thiophene rings is 1. The van der Waals surface area contributed by atoms with Gasteiger partial charge >= 0.3 is 12.0 Å². The Hall–Kier alpha value is -2.81. The molecule has 0 aliphatic heterocycles. The van der Waals surface area contributed by atoms with Gasteiger partial charge in [0.2, 0.25) is 6.39 Å². The molecule has 1 N–H and O–H groups in total. The van der Waals surface area contributed by atoms with Crippen molar-refractivity contribution in [3.63, 3.8) is 0 Å². The van der Waals surface area contributed by atoms with Crippen LogP contribution in [-0.2, 0) is 4.74 Å². The molecule has 3 rings (SSSR count). The van der Waals surface area contributed by atoms with Gasteiger partial charge in [0.05, 0.1) is 16.9 Å². The number of benzene rings is 1. The van der Waals surface area contributed by atoms with E-state index in [0.29, 0.717) is 15.8 Å². The van der Waals surface area contributed by atoms with E-state index in [1.165, 1.54) is 17.4 Å². The number of carbonyl (C=O) groups is 1. The van der Waals surface area contributed by atoms with E-state index in [0.717, 1.165) is 11.3 Å². The van der Waals surface area contributed by atoms with Crippen molar-refractivity contribution in [3.05, 3.63) is 29.0 Å². The number of aryl methyl sites for hydroxylation is 1. The maximum Gasteiger partial charge on any atom is 0.361 e. The van der Waals surface area contributed by atoms with Gasteiger partial charge in [-0.25, -0.2) is 4.79 Å². The average Bonchev–Trinajstić information content (AvgIpc) is 3.15. The largest absolute Gasteiger partial charge is 0.507 e. The van der Waals surface area contributed by atoms with Gasteiger partial charge in [-0.05, 0) is 26.0 Å². The predicted octanol–water partition coefficient (Wildman–Crippen LogP) is 3.89. The first kappa shape index (κ1) is 15.1. The van der Waals surface area contributed by atoms with Crippen LogP contribution in [0.15, 0.2) is 33.2 Å². The molecule has 0 radical (unpaired) electrons. The van der Waals surface area contributed by atoms with Crippen molar-refractivity contribution < 1.29 is 19.1 Å². The Morgan fingerprint density at radius 2 is 2.26 bits per heavy atom. The molecule has 0 unspecified atom stereocenters. The number of azo groups is 1. The smallest absolute Gasteiger partial charge is 0.361 e. The summed E-state index contributed by atoms with van der Waals surface area (Å²) in [4.78, 5) is 13.1. The van der Waals surface area contributed by atoms with E-state index in [2.05, 4.69) is 20.4 Å². The summed E-state index contributed by atoms with van der Waals surface area (Å²) in [5.74, 6) is -0.598. The number of aromatic hydroxyl groups is 1. The highest BCUT2D eigenvalue weighted by molar-refractivity contribution is 7.19. The number of esters is 1. The monoisotopic (exact) mass is 332 g/mol. The van der Waals surface area contributed by atoms with Crippen LogP contribution in [-0.4, -0.2) is 27.9 Å². The van der Waals surface area contributed by atoms with Gasteiger partial charge in [0.1, 0.15) is 11.4 Å². The highest BCUT2D eigenvalue weighted by atomic mass is 32.1. The van der Waals surface area contributed by atoms with E-state index >= 15 is 0 Å². The summed E-state index contributed by atoms with van der Waals surface area (Å²) in [6, 6.07) is 3.11. The highest BCUT2D eigenvalue weighted by Crippen LogP contribution is 2.42. The number of phenolic OH excluding ortho intramolecular Hbond substituents is 1. The van der Waals surface area contributed by atoms with Crippen molar-refractivity contribution in [2.45, 2.75) is 13.8 Å². The maximum absolute atomic E-state index is 12.1. The van der Waals surface area contributed by atoms with Crippen LogP contribution in [0.1, 0.15) is 22.2 Å². The van der Waals surface area contributed by atoms with Gasteiger partial charge < -0.3 is 14.3 Å². The molecule has 23 heavy (non-hydrogen) atoms. The molecule has 1 aromatic carbocycles. The first-order valence-electron chi connectivity index (χ1n) is 6.71. The van der Waals surface area contributed by atoms with Crippen LogP contribution in [0.4, 0.5) is 11.7 Å². The fourth-order valence-electron chi connectivity index (χ4n) is 2.05. The number of phenols is 1. The van der Waals surface area contributed by atoms with Crippen LogP contribution < -0.4 is 0 Å². The highest BCUT2D eigenvalue weighted by Gasteiger charge is 2.20. The molecule has 0 saturated heterocycles. The minimum absolute atomic E-state index is 0.0101. The number of aromatic nitrogens is 2. The number of carbonyl (C=O) groups excluding carboxylic acids is 1. The summed E-state index contributed by atoms with van der Waals surface area (Å²) in [6.07, 6.45) is 1.13. The zero-order valence-electron chi connectivity index (χ0n) is 12.3. The van der Waals surface area contributed by atoms with E-state index in [1.807, 2.05) is 13.0 Å². The topological polar surface area (TPSA) is 110 Å². The third kappa shape index (κ3) is 2.90. The van der Waals surface area contributed by atoms with Crippen LogP contribution in [0.3, 0.4) is 0 Å². The molecule has 0 amide bonds. The molecule has 0 aliphatic carbocycles. The molecule has 0 fully saturated rings. The maximum atomic E-state index is 12.1. The predicted molar refractivity (Wildman–Crippen MR) is 82.7 cm³/mol. The minimum Gasteiger partial charge on any atom is -0.507 e. The Labute approximate surface area is 134 Å². The Bertz CT molecular complexity index is 886. The van der Waals surface area contributed by atoms with Crippen molar-refractivity contribution >= 4 is 39.1 Å². The second-order valence-corrected chi connectivity index (χ2v) is 5.79. The summed E-state index contributed by atoms with van der Waals surface area (Å²) in [5, 5.41) is 25.7. The number of rotatable bonds is 4.